The highest BCUT2D eigenvalue weighted by Crippen LogP contribution is 2.43. The number of aliphatic hydroxyl groups is 1. The summed E-state index contributed by atoms with van der Waals surface area (Å²) in [6.45, 7) is 3.87. The molecule has 1 aliphatic rings. The van der Waals surface area contributed by atoms with Gasteiger partial charge in [0.2, 0.25) is 5.91 Å². The molecule has 1 aliphatic carbocycles. The number of benzene rings is 1. The van der Waals surface area contributed by atoms with Gasteiger partial charge in [-0.3, -0.25) is 23.3 Å². The summed E-state index contributed by atoms with van der Waals surface area (Å²) in [7, 11) is 5.22. The summed E-state index contributed by atoms with van der Waals surface area (Å²) >= 11 is 0. The van der Waals surface area contributed by atoms with Gasteiger partial charge in [0, 0.05) is 56.0 Å². The topological polar surface area (TPSA) is 150 Å². The predicted octanol–water partition coefficient (Wildman–Crippen LogP) is 3.65. The number of imidazole rings is 1. The van der Waals surface area contributed by atoms with Crippen LogP contribution in [0.4, 0.5) is 0 Å². The second-order valence-electron chi connectivity index (χ2n) is 13.1. The number of rotatable bonds is 8. The van der Waals surface area contributed by atoms with Gasteiger partial charge in [-0.05, 0) is 57.2 Å². The second kappa shape index (κ2) is 11.2. The minimum atomic E-state index is -0.933. The summed E-state index contributed by atoms with van der Waals surface area (Å²) in [5, 5.41) is 24.4. The highest BCUT2D eigenvalue weighted by Gasteiger charge is 2.30. The Labute approximate surface area is 264 Å². The number of fused-ring (bicyclic) bond motifs is 4. The van der Waals surface area contributed by atoms with Crippen LogP contribution in [0.1, 0.15) is 45.6 Å². The van der Waals surface area contributed by atoms with E-state index in [1.165, 1.54) is 7.11 Å². The van der Waals surface area contributed by atoms with E-state index in [9.17, 15) is 14.7 Å². The van der Waals surface area contributed by atoms with Gasteiger partial charge in [0.25, 0.3) is 0 Å². The number of aromatic nitrogens is 8. The first kappa shape index (κ1) is 29.9. The highest BCUT2D eigenvalue weighted by molar-refractivity contribution is 6.14. The fourth-order valence-electron chi connectivity index (χ4n) is 7.00. The molecule has 1 fully saturated rings. The van der Waals surface area contributed by atoms with Crippen LogP contribution in [0, 0.1) is 0 Å². The molecule has 6 aromatic rings. The minimum Gasteiger partial charge on any atom is -0.389 e. The zero-order valence-corrected chi connectivity index (χ0v) is 26.7. The molecule has 5 heterocycles. The Bertz CT molecular complexity index is 2150. The molecule has 0 aliphatic heterocycles. The van der Waals surface area contributed by atoms with Crippen LogP contribution in [0.15, 0.2) is 47.8 Å². The Balaban J connectivity index is 1.42. The number of ether oxygens (including phenoxy) is 1. The van der Waals surface area contributed by atoms with E-state index < -0.39 is 5.60 Å². The van der Waals surface area contributed by atoms with Crippen LogP contribution in [0.3, 0.4) is 0 Å². The van der Waals surface area contributed by atoms with Crippen LogP contribution in [0.5, 0.6) is 0 Å². The molecule has 0 unspecified atom stereocenters. The Morgan fingerprint density at radius 1 is 1.09 bits per heavy atom. The maximum atomic E-state index is 14.0. The van der Waals surface area contributed by atoms with Crippen LogP contribution in [-0.4, -0.2) is 75.0 Å². The number of amides is 1. The fraction of sp³-hybridized carbons (Fsp3) is 0.424. The number of methoxy groups -OCH3 is 1. The van der Waals surface area contributed by atoms with Gasteiger partial charge >= 0.3 is 5.69 Å². The van der Waals surface area contributed by atoms with Crippen molar-refractivity contribution in [1.82, 2.24) is 44.0 Å². The van der Waals surface area contributed by atoms with Crippen LogP contribution >= 0.6 is 0 Å². The number of aryl methyl sites for hydroxylation is 2. The lowest BCUT2D eigenvalue weighted by molar-refractivity contribution is -0.125. The normalized spacial score (nSPS) is 17.4. The number of H-pyrrole nitrogens is 1. The van der Waals surface area contributed by atoms with Crippen molar-refractivity contribution < 1.29 is 14.6 Å². The first-order valence-electron chi connectivity index (χ1n) is 15.6. The molecule has 46 heavy (non-hydrogen) atoms. The van der Waals surface area contributed by atoms with Crippen LogP contribution in [-0.2, 0) is 30.2 Å². The van der Waals surface area contributed by atoms with Gasteiger partial charge in [0.05, 0.1) is 58.4 Å². The number of hydrogen-bond acceptors (Lipinski definition) is 7. The fourth-order valence-corrected chi connectivity index (χ4v) is 7.00. The number of nitrogens with zero attached hydrogens (tertiary/aromatic N) is 7. The summed E-state index contributed by atoms with van der Waals surface area (Å²) in [5.74, 6) is -0.123. The average Bonchev–Trinajstić information content (AvgIpc) is 3.77. The largest absolute Gasteiger partial charge is 0.389 e. The molecule has 1 saturated carbocycles. The number of hydrogen-bond donors (Lipinski definition) is 3. The second-order valence-corrected chi connectivity index (χ2v) is 13.1. The van der Waals surface area contributed by atoms with E-state index in [-0.39, 0.29) is 30.3 Å². The van der Waals surface area contributed by atoms with Crippen molar-refractivity contribution in [3.63, 3.8) is 0 Å². The first-order chi connectivity index (χ1) is 22.0. The average molecular weight is 626 g/mol. The summed E-state index contributed by atoms with van der Waals surface area (Å²) in [6, 6.07) is 6.26. The summed E-state index contributed by atoms with van der Waals surface area (Å²) in [4.78, 5) is 34.5. The van der Waals surface area contributed by atoms with Crippen molar-refractivity contribution >= 4 is 38.9 Å². The predicted molar refractivity (Wildman–Crippen MR) is 175 cm³/mol. The van der Waals surface area contributed by atoms with Crippen LogP contribution in [0.2, 0.25) is 0 Å². The van der Waals surface area contributed by atoms with Gasteiger partial charge in [-0.2, -0.15) is 10.2 Å². The third-order valence-electron chi connectivity index (χ3n) is 9.08. The van der Waals surface area contributed by atoms with E-state index in [1.54, 1.807) is 42.5 Å². The molecule has 3 N–H and O–H groups in total. The van der Waals surface area contributed by atoms with E-state index in [2.05, 4.69) is 38.7 Å². The third-order valence-corrected chi connectivity index (χ3v) is 9.08. The molecule has 240 valence electrons. The molecule has 13 heteroatoms. The SMILES string of the molecule is COCC(=O)NC1CCC(n2c(=O)n(C)c3cnc4[nH]c(-c5cnn(CC(C)(C)O)c5)c(-c5ccc6c(cnn6C)c5)c4c32)CC1. The minimum absolute atomic E-state index is 0.0355. The Kier molecular flexibility index (Phi) is 7.32. The van der Waals surface area contributed by atoms with E-state index in [1.807, 2.05) is 28.7 Å². The molecular weight excluding hydrogens is 586 g/mol. The molecule has 0 saturated heterocycles. The lowest BCUT2D eigenvalue weighted by Crippen LogP contribution is -2.40. The summed E-state index contributed by atoms with van der Waals surface area (Å²) in [6.07, 6.45) is 10.3. The van der Waals surface area contributed by atoms with Gasteiger partial charge in [0.15, 0.2) is 0 Å². The van der Waals surface area contributed by atoms with Crippen molar-refractivity contribution in [1.29, 1.82) is 0 Å². The van der Waals surface area contributed by atoms with E-state index in [0.29, 0.717) is 12.2 Å². The maximum absolute atomic E-state index is 14.0. The van der Waals surface area contributed by atoms with Crippen molar-refractivity contribution in [2.24, 2.45) is 14.1 Å². The van der Waals surface area contributed by atoms with Crippen molar-refractivity contribution in [3.8, 4) is 22.4 Å². The van der Waals surface area contributed by atoms with Gasteiger partial charge in [0.1, 0.15) is 12.3 Å². The molecule has 1 aromatic carbocycles. The molecule has 0 atom stereocenters. The van der Waals surface area contributed by atoms with Gasteiger partial charge in [-0.15, -0.1) is 0 Å². The Morgan fingerprint density at radius 3 is 2.61 bits per heavy atom. The van der Waals surface area contributed by atoms with E-state index in [4.69, 9.17) is 9.72 Å². The monoisotopic (exact) mass is 625 g/mol. The number of pyridine rings is 1. The van der Waals surface area contributed by atoms with Gasteiger partial charge < -0.3 is 20.1 Å². The lowest BCUT2D eigenvalue weighted by Gasteiger charge is -2.30. The smallest absolute Gasteiger partial charge is 0.329 e. The molecule has 7 rings (SSSR count). The lowest BCUT2D eigenvalue weighted by atomic mass is 9.90. The molecule has 5 aromatic heterocycles. The van der Waals surface area contributed by atoms with E-state index in [0.717, 1.165) is 75.4 Å². The van der Waals surface area contributed by atoms with Crippen LogP contribution in [0.25, 0.3) is 55.4 Å². The number of nitrogens with one attached hydrogen (secondary N) is 2. The summed E-state index contributed by atoms with van der Waals surface area (Å²) < 4.78 is 12.2. The van der Waals surface area contributed by atoms with Crippen molar-refractivity contribution in [3.05, 3.63) is 53.5 Å². The molecule has 0 spiro atoms. The van der Waals surface area contributed by atoms with Gasteiger partial charge in [-0.25, -0.2) is 9.78 Å². The number of carbonyl (C=O) groups excluding carboxylic acids is 1. The van der Waals surface area contributed by atoms with Gasteiger partial charge in [-0.1, -0.05) is 6.07 Å². The standard InChI is InChI=1S/C33H39N9O4/c1-33(2,45)18-41-16-21(14-36-41)29-27(19-6-11-24-20(12-19)13-35-40(24)4)28-30-25(15-34-31(28)38-29)39(3)32(44)42(30)23-9-7-22(8-10-23)37-26(43)17-46-5/h6,11-16,22-23,45H,7-10,17-18H2,1-5H3,(H,34,38)(H,37,43). The van der Waals surface area contributed by atoms with E-state index >= 15 is 0 Å². The maximum Gasteiger partial charge on any atom is 0.329 e. The summed E-state index contributed by atoms with van der Waals surface area (Å²) in [5.41, 5.74) is 5.78. The zero-order valence-electron chi connectivity index (χ0n) is 26.7. The molecule has 0 radical (unpaired) electrons. The third kappa shape index (κ3) is 5.18. The van der Waals surface area contributed by atoms with Crippen LogP contribution < -0.4 is 11.0 Å². The molecule has 13 nitrogen and oxygen atoms in total. The van der Waals surface area contributed by atoms with Crippen molar-refractivity contribution in [2.75, 3.05) is 13.7 Å². The molecular formula is C33H39N9O4. The Hall–Kier alpha value is -4.75. The van der Waals surface area contributed by atoms with Crippen molar-refractivity contribution in [2.45, 2.75) is 63.8 Å². The zero-order chi connectivity index (χ0) is 32.3. The molecule has 0 bridgehead atoms. The Morgan fingerprint density at radius 2 is 1.87 bits per heavy atom. The number of aromatic amines is 1. The molecule has 1 amide bonds. The number of carbonyl (C=O) groups is 1. The highest BCUT2D eigenvalue weighted by atomic mass is 16.5. The quantitative estimate of drug-likeness (QED) is 0.234. The first-order valence-corrected chi connectivity index (χ1v) is 15.6.